The van der Waals surface area contributed by atoms with Crippen LogP contribution in [-0.4, -0.2) is 5.11 Å². The minimum atomic E-state index is -0.317. The third-order valence-corrected chi connectivity index (χ3v) is 3.26. The van der Waals surface area contributed by atoms with Gasteiger partial charge in [-0.2, -0.15) is 0 Å². The Kier molecular flexibility index (Phi) is 2.60. The molecule has 1 aromatic rings. The quantitative estimate of drug-likeness (QED) is 0.722. The van der Waals surface area contributed by atoms with E-state index in [1.165, 1.54) is 36.0 Å². The van der Waals surface area contributed by atoms with Gasteiger partial charge in [0.25, 0.3) is 0 Å². The Morgan fingerprint density at radius 3 is 2.43 bits per heavy atom. The van der Waals surface area contributed by atoms with Crippen LogP contribution in [0.1, 0.15) is 48.1 Å². The van der Waals surface area contributed by atoms with Crippen LogP contribution in [0.25, 0.3) is 0 Å². The van der Waals surface area contributed by atoms with Gasteiger partial charge in [-0.1, -0.05) is 12.1 Å². The molecule has 0 saturated carbocycles. The van der Waals surface area contributed by atoms with Crippen LogP contribution >= 0.6 is 0 Å². The average Bonchev–Trinajstić information content (AvgIpc) is 2.18. The summed E-state index contributed by atoms with van der Waals surface area (Å²) in [6.07, 6.45) is 4.61. The number of benzene rings is 1. The number of aliphatic hydroxyl groups is 1. The van der Waals surface area contributed by atoms with Gasteiger partial charge in [-0.25, -0.2) is 0 Å². The van der Waals surface area contributed by atoms with Gasteiger partial charge in [-0.15, -0.1) is 0 Å². The van der Waals surface area contributed by atoms with Gasteiger partial charge in [-0.05, 0) is 61.8 Å². The second kappa shape index (κ2) is 3.74. The smallest absolute Gasteiger partial charge is 0.0764 e. The van der Waals surface area contributed by atoms with E-state index >= 15 is 0 Å². The number of hydrogen-bond acceptors (Lipinski definition) is 1. The summed E-state index contributed by atoms with van der Waals surface area (Å²) in [5, 5.41) is 9.67. The zero-order valence-electron chi connectivity index (χ0n) is 9.01. The molecule has 1 heteroatoms. The summed E-state index contributed by atoms with van der Waals surface area (Å²) in [4.78, 5) is 0. The minimum absolute atomic E-state index is 0.317. The van der Waals surface area contributed by atoms with Gasteiger partial charge in [-0.3, -0.25) is 0 Å². The molecule has 1 aliphatic carbocycles. The lowest BCUT2D eigenvalue weighted by Gasteiger charge is -2.22. The highest BCUT2D eigenvalue weighted by molar-refractivity contribution is 5.42. The highest BCUT2D eigenvalue weighted by Gasteiger charge is 2.16. The van der Waals surface area contributed by atoms with Crippen LogP contribution in [0.4, 0.5) is 0 Å². The summed E-state index contributed by atoms with van der Waals surface area (Å²) in [6.45, 7) is 4.04. The summed E-state index contributed by atoms with van der Waals surface area (Å²) in [6, 6.07) is 4.23. The molecule has 1 aromatic carbocycles. The van der Waals surface area contributed by atoms with E-state index in [9.17, 15) is 5.11 Å². The monoisotopic (exact) mass is 190 g/mol. The molecule has 0 radical (unpaired) electrons. The lowest BCUT2D eigenvalue weighted by Crippen LogP contribution is -2.09. The third kappa shape index (κ3) is 1.57. The molecule has 0 amide bonds. The lowest BCUT2D eigenvalue weighted by atomic mass is 9.84. The van der Waals surface area contributed by atoms with Crippen molar-refractivity contribution in [2.45, 2.75) is 45.6 Å². The van der Waals surface area contributed by atoms with Gasteiger partial charge in [0.2, 0.25) is 0 Å². The zero-order chi connectivity index (χ0) is 10.1. The molecule has 0 fully saturated rings. The van der Waals surface area contributed by atoms with E-state index in [0.29, 0.717) is 0 Å². The fourth-order valence-electron chi connectivity index (χ4n) is 2.47. The van der Waals surface area contributed by atoms with Gasteiger partial charge in [0.15, 0.2) is 0 Å². The average molecular weight is 190 g/mol. The van der Waals surface area contributed by atoms with E-state index in [1.54, 1.807) is 0 Å². The predicted octanol–water partition coefficient (Wildman–Crippen LogP) is 2.93. The van der Waals surface area contributed by atoms with E-state index in [1.807, 2.05) is 6.92 Å². The summed E-state index contributed by atoms with van der Waals surface area (Å²) in [5.41, 5.74) is 5.45. The first kappa shape index (κ1) is 9.72. The molecule has 1 N–H and O–H groups in total. The largest absolute Gasteiger partial charge is 0.389 e. The molecule has 0 aliphatic heterocycles. The maximum Gasteiger partial charge on any atom is 0.0764 e. The number of rotatable bonds is 1. The highest BCUT2D eigenvalue weighted by atomic mass is 16.3. The number of hydrogen-bond donors (Lipinski definition) is 1. The van der Waals surface area contributed by atoms with Crippen molar-refractivity contribution < 1.29 is 5.11 Å². The Labute approximate surface area is 85.8 Å². The Bertz CT molecular complexity index is 339. The number of aryl methyl sites for hydroxylation is 1. The number of fused-ring (bicyclic) bond motifs is 1. The van der Waals surface area contributed by atoms with Crippen LogP contribution in [0.2, 0.25) is 0 Å². The predicted molar refractivity (Wildman–Crippen MR) is 58.5 cm³/mol. The summed E-state index contributed by atoms with van der Waals surface area (Å²) >= 11 is 0. The molecule has 2 rings (SSSR count). The van der Waals surface area contributed by atoms with Gasteiger partial charge < -0.3 is 5.11 Å². The Balaban J connectivity index is 2.53. The Morgan fingerprint density at radius 2 is 1.79 bits per heavy atom. The van der Waals surface area contributed by atoms with Gasteiger partial charge >= 0.3 is 0 Å². The van der Waals surface area contributed by atoms with E-state index in [2.05, 4.69) is 19.1 Å². The van der Waals surface area contributed by atoms with Crippen LogP contribution in [0.15, 0.2) is 12.1 Å². The molecule has 14 heavy (non-hydrogen) atoms. The lowest BCUT2D eigenvalue weighted by molar-refractivity contribution is 0.197. The third-order valence-electron chi connectivity index (χ3n) is 3.26. The summed E-state index contributed by atoms with van der Waals surface area (Å²) in [7, 11) is 0. The molecule has 76 valence electrons. The first-order valence-corrected chi connectivity index (χ1v) is 5.49. The van der Waals surface area contributed by atoms with Crippen LogP contribution in [0.3, 0.4) is 0 Å². The molecule has 1 atom stereocenters. The van der Waals surface area contributed by atoms with Crippen molar-refractivity contribution in [3.05, 3.63) is 34.4 Å². The molecular weight excluding hydrogens is 172 g/mol. The fourth-order valence-corrected chi connectivity index (χ4v) is 2.47. The second-order valence-electron chi connectivity index (χ2n) is 4.31. The van der Waals surface area contributed by atoms with Crippen molar-refractivity contribution in [2.24, 2.45) is 0 Å². The molecule has 0 saturated heterocycles. The first-order chi connectivity index (χ1) is 6.70. The van der Waals surface area contributed by atoms with Gasteiger partial charge in [0.1, 0.15) is 0 Å². The SMILES string of the molecule is Cc1ccc(C(C)O)c2c1CCCC2. The van der Waals surface area contributed by atoms with Gasteiger partial charge in [0.05, 0.1) is 6.10 Å². The standard InChI is InChI=1S/C13H18O/c1-9-7-8-12(10(2)14)13-6-4-3-5-11(9)13/h7-8,10,14H,3-6H2,1-2H3. The van der Waals surface area contributed by atoms with E-state index < -0.39 is 0 Å². The van der Waals surface area contributed by atoms with E-state index in [-0.39, 0.29) is 6.10 Å². The second-order valence-corrected chi connectivity index (χ2v) is 4.31. The maximum absolute atomic E-state index is 9.67. The van der Waals surface area contributed by atoms with Crippen molar-refractivity contribution >= 4 is 0 Å². The molecule has 1 unspecified atom stereocenters. The normalized spacial score (nSPS) is 17.6. The molecule has 0 aromatic heterocycles. The molecule has 0 heterocycles. The van der Waals surface area contributed by atoms with Crippen LogP contribution in [0, 0.1) is 6.92 Å². The number of aliphatic hydroxyl groups excluding tert-OH is 1. The minimum Gasteiger partial charge on any atom is -0.389 e. The van der Waals surface area contributed by atoms with Crippen molar-refractivity contribution in [3.8, 4) is 0 Å². The van der Waals surface area contributed by atoms with Crippen molar-refractivity contribution in [1.82, 2.24) is 0 Å². The molecule has 0 spiro atoms. The summed E-state index contributed by atoms with van der Waals surface area (Å²) < 4.78 is 0. The Morgan fingerprint density at radius 1 is 1.14 bits per heavy atom. The van der Waals surface area contributed by atoms with E-state index in [4.69, 9.17) is 0 Å². The summed E-state index contributed by atoms with van der Waals surface area (Å²) in [5.74, 6) is 0. The zero-order valence-corrected chi connectivity index (χ0v) is 9.01. The van der Waals surface area contributed by atoms with Gasteiger partial charge in [0, 0.05) is 0 Å². The first-order valence-electron chi connectivity index (χ1n) is 5.49. The molecular formula is C13H18O. The maximum atomic E-state index is 9.67. The Hall–Kier alpha value is -0.820. The molecule has 0 bridgehead atoms. The van der Waals surface area contributed by atoms with Crippen molar-refractivity contribution in [3.63, 3.8) is 0 Å². The van der Waals surface area contributed by atoms with Crippen molar-refractivity contribution in [2.75, 3.05) is 0 Å². The van der Waals surface area contributed by atoms with Crippen LogP contribution < -0.4 is 0 Å². The fraction of sp³-hybridized carbons (Fsp3) is 0.538. The topological polar surface area (TPSA) is 20.2 Å². The van der Waals surface area contributed by atoms with Crippen molar-refractivity contribution in [1.29, 1.82) is 0 Å². The highest BCUT2D eigenvalue weighted by Crippen LogP contribution is 2.30. The van der Waals surface area contributed by atoms with E-state index in [0.717, 1.165) is 12.0 Å². The van der Waals surface area contributed by atoms with Crippen LogP contribution in [0.5, 0.6) is 0 Å². The molecule has 1 nitrogen and oxygen atoms in total. The van der Waals surface area contributed by atoms with Crippen LogP contribution in [-0.2, 0) is 12.8 Å². The molecule has 1 aliphatic rings.